The van der Waals surface area contributed by atoms with Crippen molar-refractivity contribution in [3.8, 4) is 0 Å². The van der Waals surface area contributed by atoms with Crippen LogP contribution in [0.25, 0.3) is 0 Å². The van der Waals surface area contributed by atoms with E-state index in [0.29, 0.717) is 29.8 Å². The predicted molar refractivity (Wildman–Crippen MR) is 139 cm³/mol. The molecule has 0 spiro atoms. The maximum absolute atomic E-state index is 13.3. The van der Waals surface area contributed by atoms with Gasteiger partial charge < -0.3 is 5.11 Å². The highest BCUT2D eigenvalue weighted by Crippen LogP contribution is 2.65. The molecule has 0 saturated heterocycles. The maximum atomic E-state index is 13.3. The first-order valence-electron chi connectivity index (χ1n) is 12.4. The zero-order valence-corrected chi connectivity index (χ0v) is 21.6. The van der Waals surface area contributed by atoms with Crippen molar-refractivity contribution in [1.29, 1.82) is 0 Å². The first-order valence-corrected chi connectivity index (χ1v) is 13.4. The number of carbonyl (C=O) groups is 2. The van der Waals surface area contributed by atoms with Crippen LogP contribution in [-0.2, 0) is 9.59 Å². The van der Waals surface area contributed by atoms with Crippen LogP contribution in [0.2, 0.25) is 0 Å². The maximum Gasteiger partial charge on any atom is 0.146 e. The number of pyridine rings is 1. The molecule has 0 amide bonds. The third kappa shape index (κ3) is 4.74. The molecular weight excluding hydrogens is 442 g/mol. The van der Waals surface area contributed by atoms with Crippen LogP contribution in [-0.4, -0.2) is 34.0 Å². The molecule has 0 aliphatic heterocycles. The number of ketones is 1. The van der Waals surface area contributed by atoms with E-state index in [0.717, 1.165) is 42.6 Å². The quantitative estimate of drug-likeness (QED) is 0.231. The van der Waals surface area contributed by atoms with Crippen molar-refractivity contribution in [1.82, 2.24) is 4.98 Å². The topological polar surface area (TPSA) is 67.3 Å². The second-order valence-corrected chi connectivity index (χ2v) is 11.3. The lowest BCUT2D eigenvalue weighted by Gasteiger charge is -2.58. The number of fused-ring (bicyclic) bond motifs is 3. The standard InChI is InChI=1S/C27H35NO3S.C2H4/c1-4-13-26(2)18(12-15-29)8-9-19-20-10-11-21(27(20,3)16-22(30)25(19)26)23(31)17-32-24-7-5-6-14-28-24;1-2/h4-7,12-15,19-22,25,30H,8-11,16-17H2,1-3H3;1-2H2/b13-4-,18-12-;. The molecule has 0 radical (unpaired) electrons. The fraction of sp³-hybridized carbons (Fsp3) is 0.552. The summed E-state index contributed by atoms with van der Waals surface area (Å²) in [6.07, 6.45) is 12.6. The lowest BCUT2D eigenvalue weighted by molar-refractivity contribution is -0.136. The number of allylic oxidation sites excluding steroid dienone is 4. The minimum atomic E-state index is -0.477. The van der Waals surface area contributed by atoms with E-state index in [1.54, 1.807) is 12.3 Å². The molecule has 5 heteroatoms. The van der Waals surface area contributed by atoms with E-state index in [2.05, 4.69) is 44.1 Å². The highest BCUT2D eigenvalue weighted by atomic mass is 32.2. The zero-order valence-electron chi connectivity index (χ0n) is 20.8. The smallest absolute Gasteiger partial charge is 0.146 e. The molecule has 3 saturated carbocycles. The van der Waals surface area contributed by atoms with Gasteiger partial charge in [0.1, 0.15) is 12.1 Å². The van der Waals surface area contributed by atoms with Crippen LogP contribution in [0.5, 0.6) is 0 Å². The van der Waals surface area contributed by atoms with Gasteiger partial charge >= 0.3 is 0 Å². The molecule has 1 heterocycles. The molecule has 1 aromatic rings. The average molecular weight is 482 g/mol. The minimum Gasteiger partial charge on any atom is -0.393 e. The first-order chi connectivity index (χ1) is 16.3. The Kier molecular flexibility index (Phi) is 8.75. The number of nitrogens with zero attached hydrogens (tertiary/aromatic N) is 1. The number of aromatic nitrogens is 1. The largest absolute Gasteiger partial charge is 0.393 e. The molecule has 7 unspecified atom stereocenters. The third-order valence-corrected chi connectivity index (χ3v) is 9.72. The minimum absolute atomic E-state index is 0.000741. The molecule has 184 valence electrons. The van der Waals surface area contributed by atoms with E-state index in [9.17, 15) is 14.7 Å². The monoisotopic (exact) mass is 481 g/mol. The Balaban J connectivity index is 0.00000158. The van der Waals surface area contributed by atoms with Gasteiger partial charge in [0, 0.05) is 23.4 Å². The second kappa shape index (κ2) is 11.2. The summed E-state index contributed by atoms with van der Waals surface area (Å²) >= 11 is 1.52. The molecule has 4 rings (SSSR count). The van der Waals surface area contributed by atoms with Gasteiger partial charge in [-0.25, -0.2) is 4.98 Å². The Morgan fingerprint density at radius 3 is 2.68 bits per heavy atom. The lowest BCUT2D eigenvalue weighted by Crippen LogP contribution is -2.56. The van der Waals surface area contributed by atoms with Crippen LogP contribution in [0, 0.1) is 34.5 Å². The normalized spacial score (nSPS) is 38.0. The summed E-state index contributed by atoms with van der Waals surface area (Å²) in [5, 5.41) is 12.4. The number of rotatable bonds is 6. The Morgan fingerprint density at radius 2 is 2.03 bits per heavy atom. The van der Waals surface area contributed by atoms with Gasteiger partial charge in [0.2, 0.25) is 0 Å². The van der Waals surface area contributed by atoms with Crippen LogP contribution in [0.3, 0.4) is 0 Å². The van der Waals surface area contributed by atoms with Crippen molar-refractivity contribution in [3.05, 3.63) is 61.4 Å². The van der Waals surface area contributed by atoms with Gasteiger partial charge in [0.05, 0.1) is 16.9 Å². The van der Waals surface area contributed by atoms with Crippen LogP contribution in [0.1, 0.15) is 52.9 Å². The summed E-state index contributed by atoms with van der Waals surface area (Å²) in [7, 11) is 0. The van der Waals surface area contributed by atoms with Gasteiger partial charge in [-0.3, -0.25) is 9.59 Å². The molecule has 0 bridgehead atoms. The van der Waals surface area contributed by atoms with E-state index in [1.807, 2.05) is 25.1 Å². The molecule has 7 atom stereocenters. The lowest BCUT2D eigenvalue weighted by atomic mass is 9.47. The van der Waals surface area contributed by atoms with Gasteiger partial charge in [-0.15, -0.1) is 13.2 Å². The van der Waals surface area contributed by atoms with Gasteiger partial charge in [-0.05, 0) is 74.5 Å². The fourth-order valence-electron chi connectivity index (χ4n) is 7.52. The number of aliphatic hydroxyl groups is 1. The average Bonchev–Trinajstić information content (AvgIpc) is 3.18. The van der Waals surface area contributed by atoms with Gasteiger partial charge in [0.25, 0.3) is 0 Å². The van der Waals surface area contributed by atoms with Gasteiger partial charge in [-0.2, -0.15) is 0 Å². The van der Waals surface area contributed by atoms with Crippen molar-refractivity contribution >= 4 is 23.8 Å². The molecule has 0 aromatic carbocycles. The summed E-state index contributed by atoms with van der Waals surface area (Å²) in [6, 6.07) is 5.78. The SMILES string of the molecule is C/C=C\C1(C)/C(=C\C=O)CCC2C1C(O)CC1(C)C(C(=O)CSc3ccccn3)CCC21.C=C. The number of Topliss-reactive ketones (excluding diaryl/α,β-unsaturated/α-hetero) is 1. The van der Waals surface area contributed by atoms with Crippen LogP contribution < -0.4 is 0 Å². The van der Waals surface area contributed by atoms with Crippen molar-refractivity contribution in [2.45, 2.75) is 64.0 Å². The van der Waals surface area contributed by atoms with Crippen LogP contribution >= 0.6 is 11.8 Å². The summed E-state index contributed by atoms with van der Waals surface area (Å²) in [5.41, 5.74) is 0.660. The number of hydrogen-bond acceptors (Lipinski definition) is 5. The zero-order chi connectivity index (χ0) is 24.9. The number of aliphatic hydroxyl groups excluding tert-OH is 1. The molecule has 3 aliphatic carbocycles. The van der Waals surface area contributed by atoms with Crippen molar-refractivity contribution in [3.63, 3.8) is 0 Å². The van der Waals surface area contributed by atoms with Gasteiger partial charge in [0.15, 0.2) is 0 Å². The Bertz CT molecular complexity index is 929. The number of carbonyl (C=O) groups excluding carboxylic acids is 2. The highest BCUT2D eigenvalue weighted by molar-refractivity contribution is 7.99. The molecular formula is C29H39NO3S. The van der Waals surface area contributed by atoms with E-state index < -0.39 is 6.10 Å². The van der Waals surface area contributed by atoms with Crippen LogP contribution in [0.4, 0.5) is 0 Å². The Morgan fingerprint density at radius 1 is 1.26 bits per heavy atom. The fourth-order valence-corrected chi connectivity index (χ4v) is 8.32. The number of hydrogen-bond donors (Lipinski definition) is 1. The molecule has 3 aliphatic rings. The summed E-state index contributed by atoms with van der Waals surface area (Å²) in [6.45, 7) is 12.4. The van der Waals surface area contributed by atoms with Crippen molar-refractivity contribution in [2.75, 3.05) is 5.75 Å². The molecule has 1 aromatic heterocycles. The van der Waals surface area contributed by atoms with E-state index in [4.69, 9.17) is 0 Å². The Labute approximate surface area is 209 Å². The van der Waals surface area contributed by atoms with Crippen molar-refractivity contribution in [2.24, 2.45) is 34.5 Å². The highest BCUT2D eigenvalue weighted by Gasteiger charge is 2.62. The predicted octanol–water partition coefficient (Wildman–Crippen LogP) is 6.08. The molecule has 4 nitrogen and oxygen atoms in total. The summed E-state index contributed by atoms with van der Waals surface area (Å²) in [4.78, 5) is 29.0. The molecule has 3 fully saturated rings. The van der Waals surface area contributed by atoms with E-state index in [1.165, 1.54) is 11.8 Å². The van der Waals surface area contributed by atoms with Crippen molar-refractivity contribution < 1.29 is 14.7 Å². The Hall–Kier alpha value is -1.98. The van der Waals surface area contributed by atoms with Crippen LogP contribution in [0.15, 0.2) is 66.4 Å². The summed E-state index contributed by atoms with van der Waals surface area (Å²) in [5.74, 6) is 1.64. The number of thioether (sulfide) groups is 1. The first kappa shape index (κ1) is 26.6. The van der Waals surface area contributed by atoms with E-state index in [-0.39, 0.29) is 22.7 Å². The molecule has 1 N–H and O–H groups in total. The number of aldehydes is 1. The third-order valence-electron chi connectivity index (χ3n) is 8.75. The van der Waals surface area contributed by atoms with Gasteiger partial charge in [-0.1, -0.05) is 49.4 Å². The molecule has 34 heavy (non-hydrogen) atoms. The summed E-state index contributed by atoms with van der Waals surface area (Å²) < 4.78 is 0. The van der Waals surface area contributed by atoms with E-state index >= 15 is 0 Å². The second-order valence-electron chi connectivity index (χ2n) is 10.3.